The highest BCUT2D eigenvalue weighted by molar-refractivity contribution is 4.91. The molecule has 0 unspecified atom stereocenters. The molecule has 0 aliphatic heterocycles. The van der Waals surface area contributed by atoms with E-state index in [0.29, 0.717) is 12.0 Å². The molecule has 0 saturated heterocycles. The van der Waals surface area contributed by atoms with Gasteiger partial charge in [-0.15, -0.1) is 0 Å². The Balaban J connectivity index is 2.87. The molecule has 2 N–H and O–H groups in total. The Kier molecular flexibility index (Phi) is 2.44. The quantitative estimate of drug-likeness (QED) is 0.631. The monoisotopic (exact) mass is 152 g/mol. The van der Waals surface area contributed by atoms with Crippen LogP contribution in [0, 0.1) is 5.41 Å². The Labute approximate surface area is 65.4 Å². The maximum Gasteiger partial charge on any atom is 0.124 e. The zero-order valence-corrected chi connectivity index (χ0v) is 6.49. The fourth-order valence-electron chi connectivity index (χ4n) is 0.920. The zero-order chi connectivity index (χ0) is 8.27. The second-order valence-corrected chi connectivity index (χ2v) is 2.59. The van der Waals surface area contributed by atoms with E-state index >= 15 is 0 Å². The second kappa shape index (κ2) is 3.34. The standard InChI is InChI=1S/C8H12N2O/c1-7(11)6-10-5-3-2-4-8(10)9/h2-5,7,9,11H,6H2,1H3/t7-/m1/s1. The lowest BCUT2D eigenvalue weighted by Gasteiger charge is -2.07. The summed E-state index contributed by atoms with van der Waals surface area (Å²) in [4.78, 5) is 0. The van der Waals surface area contributed by atoms with Crippen LogP contribution in [0.15, 0.2) is 24.4 Å². The Morgan fingerprint density at radius 1 is 1.64 bits per heavy atom. The lowest BCUT2D eigenvalue weighted by Crippen LogP contribution is -2.23. The number of aliphatic hydroxyl groups excluding tert-OH is 1. The van der Waals surface area contributed by atoms with E-state index in [9.17, 15) is 0 Å². The molecule has 0 fully saturated rings. The van der Waals surface area contributed by atoms with Crippen molar-refractivity contribution in [2.75, 3.05) is 0 Å². The van der Waals surface area contributed by atoms with Gasteiger partial charge in [0.25, 0.3) is 0 Å². The van der Waals surface area contributed by atoms with Crippen molar-refractivity contribution in [3.8, 4) is 0 Å². The molecule has 0 aliphatic rings. The summed E-state index contributed by atoms with van der Waals surface area (Å²) in [5.74, 6) is 0. The minimum atomic E-state index is -0.397. The largest absolute Gasteiger partial charge is 0.392 e. The first-order valence-corrected chi connectivity index (χ1v) is 3.58. The summed E-state index contributed by atoms with van der Waals surface area (Å²) in [5, 5.41) is 16.4. The number of rotatable bonds is 2. The van der Waals surface area contributed by atoms with Crippen LogP contribution in [0.4, 0.5) is 0 Å². The fourth-order valence-corrected chi connectivity index (χ4v) is 0.920. The van der Waals surface area contributed by atoms with E-state index in [0.717, 1.165) is 0 Å². The van der Waals surface area contributed by atoms with Gasteiger partial charge in [0.05, 0.1) is 6.10 Å². The van der Waals surface area contributed by atoms with Gasteiger partial charge in [-0.1, -0.05) is 6.07 Å². The van der Waals surface area contributed by atoms with Crippen LogP contribution in [0.2, 0.25) is 0 Å². The van der Waals surface area contributed by atoms with Crippen LogP contribution in [0.1, 0.15) is 6.92 Å². The third kappa shape index (κ3) is 2.20. The topological polar surface area (TPSA) is 49.0 Å². The molecule has 3 nitrogen and oxygen atoms in total. The molecule has 0 radical (unpaired) electrons. The lowest BCUT2D eigenvalue weighted by molar-refractivity contribution is 0.171. The molecule has 0 spiro atoms. The number of nitrogens with one attached hydrogen (secondary N) is 1. The summed E-state index contributed by atoms with van der Waals surface area (Å²) < 4.78 is 1.70. The number of hydrogen-bond acceptors (Lipinski definition) is 2. The molecule has 0 saturated carbocycles. The van der Waals surface area contributed by atoms with Gasteiger partial charge in [0.15, 0.2) is 0 Å². The summed E-state index contributed by atoms with van der Waals surface area (Å²) in [6.45, 7) is 2.19. The van der Waals surface area contributed by atoms with E-state index in [2.05, 4.69) is 0 Å². The predicted octanol–water partition coefficient (Wildman–Crippen LogP) is 0.348. The molecule has 0 bridgehead atoms. The molecule has 1 rings (SSSR count). The summed E-state index contributed by atoms with van der Waals surface area (Å²) in [6.07, 6.45) is 1.39. The average molecular weight is 152 g/mol. The third-order valence-electron chi connectivity index (χ3n) is 1.40. The van der Waals surface area contributed by atoms with Gasteiger partial charge in [-0.05, 0) is 19.1 Å². The normalized spacial score (nSPS) is 12.9. The molecule has 1 atom stereocenters. The minimum absolute atomic E-state index is 0.397. The van der Waals surface area contributed by atoms with Crippen molar-refractivity contribution in [2.24, 2.45) is 0 Å². The van der Waals surface area contributed by atoms with Crippen LogP contribution >= 0.6 is 0 Å². The molecule has 0 aliphatic carbocycles. The van der Waals surface area contributed by atoms with Crippen LogP contribution in [0.25, 0.3) is 0 Å². The van der Waals surface area contributed by atoms with Gasteiger partial charge in [-0.25, -0.2) is 0 Å². The van der Waals surface area contributed by atoms with Crippen LogP contribution < -0.4 is 5.49 Å². The summed E-state index contributed by atoms with van der Waals surface area (Å²) >= 11 is 0. The highest BCUT2D eigenvalue weighted by Gasteiger charge is 1.95. The molecule has 0 aromatic carbocycles. The van der Waals surface area contributed by atoms with Gasteiger partial charge in [0.1, 0.15) is 5.49 Å². The van der Waals surface area contributed by atoms with Crippen molar-refractivity contribution in [3.05, 3.63) is 29.9 Å². The van der Waals surface area contributed by atoms with E-state index < -0.39 is 6.10 Å². The van der Waals surface area contributed by atoms with Crippen LogP contribution in [-0.2, 0) is 6.54 Å². The second-order valence-electron chi connectivity index (χ2n) is 2.59. The van der Waals surface area contributed by atoms with Crippen LogP contribution in [-0.4, -0.2) is 15.8 Å². The number of pyridine rings is 1. The van der Waals surface area contributed by atoms with E-state index in [1.165, 1.54) is 0 Å². The van der Waals surface area contributed by atoms with E-state index in [-0.39, 0.29) is 0 Å². The molecule has 60 valence electrons. The van der Waals surface area contributed by atoms with Gasteiger partial charge in [0, 0.05) is 12.7 Å². The Morgan fingerprint density at radius 3 is 2.91 bits per heavy atom. The number of nitrogens with zero attached hydrogens (tertiary/aromatic N) is 1. The molecule has 1 aromatic rings. The van der Waals surface area contributed by atoms with Crippen LogP contribution in [0.3, 0.4) is 0 Å². The first-order chi connectivity index (χ1) is 5.20. The van der Waals surface area contributed by atoms with Crippen molar-refractivity contribution >= 4 is 0 Å². The maximum absolute atomic E-state index is 9.03. The highest BCUT2D eigenvalue weighted by Crippen LogP contribution is 1.86. The van der Waals surface area contributed by atoms with Gasteiger partial charge in [-0.2, -0.15) is 0 Å². The van der Waals surface area contributed by atoms with E-state index in [1.54, 1.807) is 29.8 Å². The van der Waals surface area contributed by atoms with Gasteiger partial charge in [-0.3, -0.25) is 5.41 Å². The lowest BCUT2D eigenvalue weighted by atomic mass is 10.4. The first kappa shape index (κ1) is 8.01. The number of hydrogen-bond donors (Lipinski definition) is 2. The van der Waals surface area contributed by atoms with E-state index in [4.69, 9.17) is 10.5 Å². The van der Waals surface area contributed by atoms with Gasteiger partial charge in [0.2, 0.25) is 0 Å². The van der Waals surface area contributed by atoms with Crippen molar-refractivity contribution in [2.45, 2.75) is 19.6 Å². The van der Waals surface area contributed by atoms with Crippen LogP contribution in [0.5, 0.6) is 0 Å². The minimum Gasteiger partial charge on any atom is -0.392 e. The van der Waals surface area contributed by atoms with Gasteiger partial charge >= 0.3 is 0 Å². The molecule has 0 amide bonds. The highest BCUT2D eigenvalue weighted by atomic mass is 16.3. The molecule has 1 heterocycles. The van der Waals surface area contributed by atoms with Crippen molar-refractivity contribution in [1.29, 1.82) is 5.41 Å². The summed E-state index contributed by atoms with van der Waals surface area (Å²) in [5.41, 5.74) is 0.424. The number of aromatic nitrogens is 1. The van der Waals surface area contributed by atoms with Gasteiger partial charge < -0.3 is 9.67 Å². The predicted molar refractivity (Wildman–Crippen MR) is 42.0 cm³/mol. The van der Waals surface area contributed by atoms with Crippen molar-refractivity contribution in [3.63, 3.8) is 0 Å². The molecular weight excluding hydrogens is 140 g/mol. The molecule has 1 aromatic heterocycles. The smallest absolute Gasteiger partial charge is 0.124 e. The molecular formula is C8H12N2O. The number of aliphatic hydroxyl groups is 1. The zero-order valence-electron chi connectivity index (χ0n) is 6.49. The Hall–Kier alpha value is -1.09. The van der Waals surface area contributed by atoms with Crippen molar-refractivity contribution < 1.29 is 5.11 Å². The summed E-state index contributed by atoms with van der Waals surface area (Å²) in [6, 6.07) is 5.35. The average Bonchev–Trinajstić information content (AvgIpc) is 1.93. The Bertz CT molecular complexity index is 277. The first-order valence-electron chi connectivity index (χ1n) is 3.58. The van der Waals surface area contributed by atoms with E-state index in [1.807, 2.05) is 6.07 Å². The molecule has 11 heavy (non-hydrogen) atoms. The third-order valence-corrected chi connectivity index (χ3v) is 1.40. The Morgan fingerprint density at radius 2 is 2.36 bits per heavy atom. The fraction of sp³-hybridized carbons (Fsp3) is 0.375. The molecule has 3 heteroatoms. The van der Waals surface area contributed by atoms with Crippen molar-refractivity contribution in [1.82, 2.24) is 4.57 Å². The SMILES string of the molecule is C[C@@H](O)Cn1ccccc1=N. The maximum atomic E-state index is 9.03. The summed E-state index contributed by atoms with van der Waals surface area (Å²) in [7, 11) is 0.